The first-order valence-corrected chi connectivity index (χ1v) is 5.94. The average molecular weight is 284 g/mol. The normalized spacial score (nSPS) is 10.2. The SMILES string of the molecule is COc1cc(Cl)c(C)cc1Nc1cc(Cl)ncn1. The monoisotopic (exact) mass is 283 g/mol. The Hall–Kier alpha value is -1.52. The number of hydrogen-bond donors (Lipinski definition) is 1. The quantitative estimate of drug-likeness (QED) is 0.870. The van der Waals surface area contributed by atoms with Crippen molar-refractivity contribution < 1.29 is 4.74 Å². The second-order valence-electron chi connectivity index (χ2n) is 3.65. The molecule has 0 fully saturated rings. The van der Waals surface area contributed by atoms with E-state index in [1.54, 1.807) is 19.2 Å². The molecule has 18 heavy (non-hydrogen) atoms. The molecule has 2 rings (SSSR count). The molecular weight excluding hydrogens is 273 g/mol. The molecule has 1 aromatic carbocycles. The molecule has 0 radical (unpaired) electrons. The highest BCUT2D eigenvalue weighted by Crippen LogP contribution is 2.32. The largest absolute Gasteiger partial charge is 0.495 e. The van der Waals surface area contributed by atoms with Crippen LogP contribution in [0.3, 0.4) is 0 Å². The van der Waals surface area contributed by atoms with Crippen molar-refractivity contribution in [3.8, 4) is 5.75 Å². The van der Waals surface area contributed by atoms with Gasteiger partial charge in [-0.1, -0.05) is 23.2 Å². The lowest BCUT2D eigenvalue weighted by Gasteiger charge is -2.12. The summed E-state index contributed by atoms with van der Waals surface area (Å²) in [5, 5.41) is 4.14. The van der Waals surface area contributed by atoms with Gasteiger partial charge in [-0.05, 0) is 18.6 Å². The molecule has 1 aromatic heterocycles. The van der Waals surface area contributed by atoms with Crippen molar-refractivity contribution in [1.82, 2.24) is 9.97 Å². The number of halogens is 2. The lowest BCUT2D eigenvalue weighted by Crippen LogP contribution is -1.98. The Morgan fingerprint density at radius 1 is 1.17 bits per heavy atom. The maximum absolute atomic E-state index is 6.04. The van der Waals surface area contributed by atoms with Crippen molar-refractivity contribution in [2.75, 3.05) is 12.4 Å². The fraction of sp³-hybridized carbons (Fsp3) is 0.167. The summed E-state index contributed by atoms with van der Waals surface area (Å²) in [5.41, 5.74) is 1.72. The highest BCUT2D eigenvalue weighted by Gasteiger charge is 2.08. The van der Waals surface area contributed by atoms with Crippen LogP contribution < -0.4 is 10.1 Å². The fourth-order valence-electron chi connectivity index (χ4n) is 1.47. The lowest BCUT2D eigenvalue weighted by molar-refractivity contribution is 0.416. The molecule has 6 heteroatoms. The lowest BCUT2D eigenvalue weighted by atomic mass is 10.2. The molecule has 0 unspecified atom stereocenters. The first kappa shape index (κ1) is 12.9. The predicted molar refractivity (Wildman–Crippen MR) is 73.1 cm³/mol. The maximum atomic E-state index is 6.04. The number of hydrogen-bond acceptors (Lipinski definition) is 4. The molecule has 0 atom stereocenters. The van der Waals surface area contributed by atoms with E-state index >= 15 is 0 Å². The van der Waals surface area contributed by atoms with Crippen LogP contribution in [0.1, 0.15) is 5.56 Å². The van der Waals surface area contributed by atoms with Gasteiger partial charge in [0.2, 0.25) is 0 Å². The number of aryl methyl sites for hydroxylation is 1. The maximum Gasteiger partial charge on any atom is 0.143 e. The van der Waals surface area contributed by atoms with Gasteiger partial charge in [0.05, 0.1) is 12.8 Å². The third kappa shape index (κ3) is 2.83. The minimum absolute atomic E-state index is 0.372. The summed E-state index contributed by atoms with van der Waals surface area (Å²) in [7, 11) is 1.58. The number of aromatic nitrogens is 2. The molecule has 0 bridgehead atoms. The molecule has 0 saturated carbocycles. The second kappa shape index (κ2) is 5.42. The predicted octanol–water partition coefficient (Wildman–Crippen LogP) is 3.84. The first-order valence-electron chi connectivity index (χ1n) is 5.19. The van der Waals surface area contributed by atoms with Crippen LogP contribution in [-0.4, -0.2) is 17.1 Å². The summed E-state index contributed by atoms with van der Waals surface area (Å²) in [6.45, 7) is 1.92. The number of nitrogens with zero attached hydrogens (tertiary/aromatic N) is 2. The van der Waals surface area contributed by atoms with Crippen LogP contribution in [0.25, 0.3) is 0 Å². The molecule has 0 amide bonds. The molecular formula is C12H11Cl2N3O. The van der Waals surface area contributed by atoms with Gasteiger partial charge >= 0.3 is 0 Å². The van der Waals surface area contributed by atoms with Crippen molar-refractivity contribution in [3.63, 3.8) is 0 Å². The molecule has 0 saturated heterocycles. The minimum Gasteiger partial charge on any atom is -0.495 e. The Labute approximate surface area is 115 Å². The Morgan fingerprint density at radius 2 is 1.94 bits per heavy atom. The summed E-state index contributed by atoms with van der Waals surface area (Å²) >= 11 is 11.8. The van der Waals surface area contributed by atoms with E-state index in [1.807, 2.05) is 13.0 Å². The summed E-state index contributed by atoms with van der Waals surface area (Å²) < 4.78 is 5.26. The van der Waals surface area contributed by atoms with Gasteiger partial charge < -0.3 is 10.1 Å². The topological polar surface area (TPSA) is 47.0 Å². The average Bonchev–Trinajstić information content (AvgIpc) is 2.33. The minimum atomic E-state index is 0.372. The zero-order valence-electron chi connectivity index (χ0n) is 9.87. The molecule has 0 spiro atoms. The van der Waals surface area contributed by atoms with E-state index < -0.39 is 0 Å². The summed E-state index contributed by atoms with van der Waals surface area (Å²) in [6.07, 6.45) is 1.39. The zero-order valence-corrected chi connectivity index (χ0v) is 11.4. The van der Waals surface area contributed by atoms with Crippen molar-refractivity contribution in [2.45, 2.75) is 6.92 Å². The van der Waals surface area contributed by atoms with Crippen LogP contribution in [0.15, 0.2) is 24.5 Å². The highest BCUT2D eigenvalue weighted by atomic mass is 35.5. The van der Waals surface area contributed by atoms with Gasteiger partial charge in [0, 0.05) is 17.2 Å². The molecule has 94 valence electrons. The molecule has 0 aliphatic carbocycles. The zero-order chi connectivity index (χ0) is 13.1. The van der Waals surface area contributed by atoms with E-state index in [0.717, 1.165) is 11.3 Å². The highest BCUT2D eigenvalue weighted by molar-refractivity contribution is 6.31. The summed E-state index contributed by atoms with van der Waals surface area (Å²) in [4.78, 5) is 7.88. The van der Waals surface area contributed by atoms with Gasteiger partial charge in [-0.15, -0.1) is 0 Å². The number of rotatable bonds is 3. The van der Waals surface area contributed by atoms with E-state index in [0.29, 0.717) is 21.7 Å². The van der Waals surface area contributed by atoms with Crippen LogP contribution in [-0.2, 0) is 0 Å². The standard InChI is InChI=1S/C12H11Cl2N3O/c1-7-3-9(10(18-2)4-8(7)13)17-12-5-11(14)15-6-16-12/h3-6H,1-2H3,(H,15,16,17). The van der Waals surface area contributed by atoms with Gasteiger partial charge in [0.25, 0.3) is 0 Å². The molecule has 0 aliphatic heterocycles. The van der Waals surface area contributed by atoms with Crippen LogP contribution in [0, 0.1) is 6.92 Å². The molecule has 2 aromatic rings. The third-order valence-electron chi connectivity index (χ3n) is 2.38. The van der Waals surface area contributed by atoms with E-state index in [-0.39, 0.29) is 0 Å². The van der Waals surface area contributed by atoms with Crippen molar-refractivity contribution in [3.05, 3.63) is 40.3 Å². The second-order valence-corrected chi connectivity index (χ2v) is 4.45. The third-order valence-corrected chi connectivity index (χ3v) is 2.99. The molecule has 4 nitrogen and oxygen atoms in total. The van der Waals surface area contributed by atoms with Crippen LogP contribution in [0.4, 0.5) is 11.5 Å². The van der Waals surface area contributed by atoms with E-state index in [4.69, 9.17) is 27.9 Å². The van der Waals surface area contributed by atoms with Gasteiger partial charge in [0.1, 0.15) is 23.0 Å². The number of methoxy groups -OCH3 is 1. The molecule has 1 N–H and O–H groups in total. The smallest absolute Gasteiger partial charge is 0.143 e. The number of ether oxygens (including phenoxy) is 1. The molecule has 1 heterocycles. The first-order chi connectivity index (χ1) is 8.60. The van der Waals surface area contributed by atoms with Crippen LogP contribution in [0.5, 0.6) is 5.75 Å². The Bertz CT molecular complexity index is 575. The van der Waals surface area contributed by atoms with E-state index in [1.165, 1.54) is 6.33 Å². The van der Waals surface area contributed by atoms with Gasteiger partial charge in [-0.25, -0.2) is 9.97 Å². The van der Waals surface area contributed by atoms with E-state index in [2.05, 4.69) is 15.3 Å². The fourth-order valence-corrected chi connectivity index (χ4v) is 1.77. The summed E-state index contributed by atoms with van der Waals surface area (Å²) in [5.74, 6) is 1.23. The Kier molecular flexibility index (Phi) is 3.89. The Balaban J connectivity index is 2.36. The number of benzene rings is 1. The van der Waals surface area contributed by atoms with E-state index in [9.17, 15) is 0 Å². The van der Waals surface area contributed by atoms with Crippen molar-refractivity contribution in [1.29, 1.82) is 0 Å². The number of nitrogens with one attached hydrogen (secondary N) is 1. The molecule has 0 aliphatic rings. The van der Waals surface area contributed by atoms with Gasteiger partial charge in [-0.2, -0.15) is 0 Å². The van der Waals surface area contributed by atoms with Crippen LogP contribution >= 0.6 is 23.2 Å². The van der Waals surface area contributed by atoms with Crippen molar-refractivity contribution >= 4 is 34.7 Å². The van der Waals surface area contributed by atoms with Gasteiger partial charge in [-0.3, -0.25) is 0 Å². The van der Waals surface area contributed by atoms with Crippen molar-refractivity contribution in [2.24, 2.45) is 0 Å². The van der Waals surface area contributed by atoms with Gasteiger partial charge in [0.15, 0.2) is 0 Å². The van der Waals surface area contributed by atoms with Crippen LogP contribution in [0.2, 0.25) is 10.2 Å². The Morgan fingerprint density at radius 3 is 2.61 bits per heavy atom. The summed E-state index contributed by atoms with van der Waals surface area (Å²) in [6, 6.07) is 5.27. The number of anilines is 2.